The summed E-state index contributed by atoms with van der Waals surface area (Å²) in [5.41, 5.74) is 1.82. The smallest absolute Gasteiger partial charge is 0.292 e. The standard InChI is InChI=1S/C22H24N4O3S2/c1-3-14-29-16(2)20(27)24-22(30)23-17-6-8-18(9-7-17)25-10-12-26(13-11-25)21(28)19-5-4-15-31-19/h3-9,14-15H,2,10-13H2,1H3,(H2,23,24,27,30)/b14-3-. The Morgan fingerprint density at radius 3 is 2.48 bits per heavy atom. The minimum atomic E-state index is -0.512. The van der Waals surface area contributed by atoms with E-state index in [1.807, 2.05) is 46.7 Å². The van der Waals surface area contributed by atoms with Gasteiger partial charge in [-0.2, -0.15) is 0 Å². The minimum absolute atomic E-state index is 0.0469. The Balaban J connectivity index is 1.48. The van der Waals surface area contributed by atoms with E-state index in [0.29, 0.717) is 13.1 Å². The van der Waals surface area contributed by atoms with Gasteiger partial charge in [0.25, 0.3) is 11.8 Å². The van der Waals surface area contributed by atoms with Crippen LogP contribution >= 0.6 is 23.6 Å². The van der Waals surface area contributed by atoms with Crippen LogP contribution in [0.15, 0.2) is 66.5 Å². The SMILES string of the molecule is C=C(O/C=C\C)C(=O)NC(=S)Nc1ccc(N2CCN(C(=O)c3cccs3)CC2)cc1. The number of anilines is 2. The molecule has 9 heteroatoms. The first-order valence-corrected chi connectivity index (χ1v) is 11.0. The number of nitrogens with one attached hydrogen (secondary N) is 2. The van der Waals surface area contributed by atoms with Crippen LogP contribution < -0.4 is 15.5 Å². The number of thiocarbonyl (C=S) groups is 1. The predicted molar refractivity (Wildman–Crippen MR) is 128 cm³/mol. The van der Waals surface area contributed by atoms with Gasteiger partial charge in [0.15, 0.2) is 10.9 Å². The second kappa shape index (κ2) is 10.7. The van der Waals surface area contributed by atoms with E-state index in [2.05, 4.69) is 22.1 Å². The van der Waals surface area contributed by atoms with Gasteiger partial charge >= 0.3 is 0 Å². The molecule has 31 heavy (non-hydrogen) atoms. The molecule has 1 aromatic heterocycles. The highest BCUT2D eigenvalue weighted by molar-refractivity contribution is 7.80. The maximum absolute atomic E-state index is 12.5. The Hall–Kier alpha value is -3.17. The number of thiophene rings is 1. The van der Waals surface area contributed by atoms with Crippen molar-refractivity contribution in [3.05, 3.63) is 71.3 Å². The number of piperazine rings is 1. The fourth-order valence-corrected chi connectivity index (χ4v) is 3.92. The van der Waals surface area contributed by atoms with Crippen LogP contribution in [-0.4, -0.2) is 48.0 Å². The monoisotopic (exact) mass is 456 g/mol. The highest BCUT2D eigenvalue weighted by Crippen LogP contribution is 2.21. The van der Waals surface area contributed by atoms with Crippen molar-refractivity contribution in [1.82, 2.24) is 10.2 Å². The van der Waals surface area contributed by atoms with Crippen LogP contribution in [0.25, 0.3) is 0 Å². The molecule has 2 aromatic rings. The van der Waals surface area contributed by atoms with Crippen molar-refractivity contribution in [1.29, 1.82) is 0 Å². The van der Waals surface area contributed by atoms with E-state index in [-0.39, 0.29) is 16.8 Å². The van der Waals surface area contributed by atoms with Crippen molar-refractivity contribution in [2.45, 2.75) is 6.92 Å². The number of carbonyl (C=O) groups excluding carboxylic acids is 2. The van der Waals surface area contributed by atoms with Gasteiger partial charge in [0.1, 0.15) is 0 Å². The molecule has 1 saturated heterocycles. The molecule has 1 aliphatic heterocycles. The molecule has 0 atom stereocenters. The van der Waals surface area contributed by atoms with Crippen molar-refractivity contribution in [3.8, 4) is 0 Å². The number of nitrogens with zero attached hydrogens (tertiary/aromatic N) is 2. The first-order valence-electron chi connectivity index (χ1n) is 9.75. The van der Waals surface area contributed by atoms with Crippen molar-refractivity contribution < 1.29 is 14.3 Å². The first-order chi connectivity index (χ1) is 15.0. The van der Waals surface area contributed by atoms with Gasteiger partial charge in [-0.05, 0) is 54.9 Å². The summed E-state index contributed by atoms with van der Waals surface area (Å²) in [7, 11) is 0. The summed E-state index contributed by atoms with van der Waals surface area (Å²) in [5, 5.41) is 7.56. The van der Waals surface area contributed by atoms with Gasteiger partial charge in [-0.15, -0.1) is 11.3 Å². The van der Waals surface area contributed by atoms with Gasteiger partial charge < -0.3 is 19.9 Å². The van der Waals surface area contributed by atoms with E-state index in [1.165, 1.54) is 17.6 Å². The molecule has 1 aromatic carbocycles. The number of allylic oxidation sites excluding steroid dienone is 1. The van der Waals surface area contributed by atoms with Gasteiger partial charge in [0, 0.05) is 37.6 Å². The quantitative estimate of drug-likeness (QED) is 0.393. The molecule has 7 nitrogen and oxygen atoms in total. The molecule has 0 bridgehead atoms. The lowest BCUT2D eigenvalue weighted by Crippen LogP contribution is -2.48. The molecule has 1 fully saturated rings. The molecule has 2 amide bonds. The van der Waals surface area contributed by atoms with Crippen molar-refractivity contribution in [2.75, 3.05) is 36.4 Å². The number of hydrogen-bond acceptors (Lipinski definition) is 6. The van der Waals surface area contributed by atoms with Gasteiger partial charge in [-0.1, -0.05) is 18.7 Å². The number of ether oxygens (including phenoxy) is 1. The van der Waals surface area contributed by atoms with Gasteiger partial charge in [0.05, 0.1) is 11.1 Å². The van der Waals surface area contributed by atoms with Crippen molar-refractivity contribution in [3.63, 3.8) is 0 Å². The zero-order chi connectivity index (χ0) is 22.2. The van der Waals surface area contributed by atoms with Crippen LogP contribution in [0.1, 0.15) is 16.6 Å². The Labute approximate surface area is 191 Å². The topological polar surface area (TPSA) is 73.9 Å². The summed E-state index contributed by atoms with van der Waals surface area (Å²) < 4.78 is 5.03. The Morgan fingerprint density at radius 1 is 1.16 bits per heavy atom. The molecule has 0 aliphatic carbocycles. The van der Waals surface area contributed by atoms with Gasteiger partial charge in [-0.3, -0.25) is 14.9 Å². The van der Waals surface area contributed by atoms with E-state index in [9.17, 15) is 9.59 Å². The lowest BCUT2D eigenvalue weighted by atomic mass is 10.2. The van der Waals surface area contributed by atoms with Gasteiger partial charge in [0.2, 0.25) is 0 Å². The highest BCUT2D eigenvalue weighted by atomic mass is 32.1. The van der Waals surface area contributed by atoms with Crippen LogP contribution in [0.2, 0.25) is 0 Å². The van der Waals surface area contributed by atoms with Crippen molar-refractivity contribution in [2.24, 2.45) is 0 Å². The maximum Gasteiger partial charge on any atom is 0.292 e. The fraction of sp³-hybridized carbons (Fsp3) is 0.227. The van der Waals surface area contributed by atoms with E-state index in [4.69, 9.17) is 17.0 Å². The Morgan fingerprint density at radius 2 is 1.87 bits per heavy atom. The van der Waals surface area contributed by atoms with Gasteiger partial charge in [-0.25, -0.2) is 0 Å². The summed E-state index contributed by atoms with van der Waals surface area (Å²) in [5.74, 6) is -0.458. The highest BCUT2D eigenvalue weighted by Gasteiger charge is 2.22. The molecule has 0 unspecified atom stereocenters. The van der Waals surface area contributed by atoms with Crippen LogP contribution in [0, 0.1) is 0 Å². The molecule has 162 valence electrons. The first kappa shape index (κ1) is 22.5. The third-order valence-electron chi connectivity index (χ3n) is 4.62. The number of carbonyl (C=O) groups is 2. The molecule has 0 radical (unpaired) electrons. The fourth-order valence-electron chi connectivity index (χ4n) is 3.02. The van der Waals surface area contributed by atoms with E-state index in [0.717, 1.165) is 29.3 Å². The van der Waals surface area contributed by atoms with Crippen LogP contribution in [0.3, 0.4) is 0 Å². The number of hydrogen-bond donors (Lipinski definition) is 2. The second-order valence-corrected chi connectivity index (χ2v) is 8.08. The van der Waals surface area contributed by atoms with Crippen LogP contribution in [0.4, 0.5) is 11.4 Å². The predicted octanol–water partition coefficient (Wildman–Crippen LogP) is 3.59. The third-order valence-corrected chi connectivity index (χ3v) is 5.68. The molecule has 2 heterocycles. The normalized spacial score (nSPS) is 13.7. The van der Waals surface area contributed by atoms with Crippen LogP contribution in [0.5, 0.6) is 0 Å². The number of amides is 2. The second-order valence-electron chi connectivity index (χ2n) is 6.72. The third kappa shape index (κ3) is 6.16. The summed E-state index contributed by atoms with van der Waals surface area (Å²) in [6.07, 6.45) is 3.02. The number of benzene rings is 1. The molecule has 0 spiro atoms. The Bertz CT molecular complexity index is 963. The maximum atomic E-state index is 12.5. The molecule has 2 N–H and O–H groups in total. The largest absolute Gasteiger partial charge is 0.460 e. The van der Waals surface area contributed by atoms with E-state index < -0.39 is 5.91 Å². The average molecular weight is 457 g/mol. The molecule has 3 rings (SSSR count). The summed E-state index contributed by atoms with van der Waals surface area (Å²) >= 11 is 6.64. The molecule has 1 aliphatic rings. The average Bonchev–Trinajstić information content (AvgIpc) is 3.32. The minimum Gasteiger partial charge on any atom is -0.460 e. The lowest BCUT2D eigenvalue weighted by molar-refractivity contribution is -0.118. The molecular weight excluding hydrogens is 432 g/mol. The molecular formula is C22H24N4O3S2. The molecule has 0 saturated carbocycles. The van der Waals surface area contributed by atoms with E-state index >= 15 is 0 Å². The lowest BCUT2D eigenvalue weighted by Gasteiger charge is -2.36. The summed E-state index contributed by atoms with van der Waals surface area (Å²) in [4.78, 5) is 29.3. The van der Waals surface area contributed by atoms with Crippen LogP contribution in [-0.2, 0) is 9.53 Å². The summed E-state index contributed by atoms with van der Waals surface area (Å²) in [6.45, 7) is 8.23. The van der Waals surface area contributed by atoms with E-state index in [1.54, 1.807) is 13.0 Å². The number of rotatable bonds is 6. The zero-order valence-corrected chi connectivity index (χ0v) is 18.8. The van der Waals surface area contributed by atoms with Crippen molar-refractivity contribution >= 4 is 51.9 Å². The Kier molecular flexibility index (Phi) is 7.80. The zero-order valence-electron chi connectivity index (χ0n) is 17.2. The summed E-state index contributed by atoms with van der Waals surface area (Å²) in [6, 6.07) is 11.5.